The molecule has 1 aliphatic heterocycles. The molecule has 0 unspecified atom stereocenters. The molecule has 0 spiro atoms. The number of allylic oxidation sites excluding steroid dienone is 2. The number of thioether (sulfide) groups is 1. The highest BCUT2D eigenvalue weighted by Gasteiger charge is 2.37. The minimum absolute atomic E-state index is 0.0615. The number of dihydropyridines is 1. The van der Waals surface area contributed by atoms with Crippen molar-refractivity contribution in [2.75, 3.05) is 25.3 Å². The van der Waals surface area contributed by atoms with Crippen LogP contribution >= 0.6 is 11.8 Å². The lowest BCUT2D eigenvalue weighted by atomic mass is 9.85. The van der Waals surface area contributed by atoms with Crippen LogP contribution in [0, 0.1) is 11.3 Å². The summed E-state index contributed by atoms with van der Waals surface area (Å²) in [6.07, 6.45) is 1.46. The normalized spacial score (nSPS) is 14.8. The van der Waals surface area contributed by atoms with E-state index in [1.165, 1.54) is 25.1 Å². The van der Waals surface area contributed by atoms with Crippen LogP contribution in [0.5, 0.6) is 5.75 Å². The number of carbonyl (C=O) groups is 3. The number of nitrogens with zero attached hydrogens (tertiary/aromatic N) is 1. The van der Waals surface area contributed by atoms with Crippen molar-refractivity contribution in [3.8, 4) is 11.8 Å². The van der Waals surface area contributed by atoms with Crippen LogP contribution in [0.25, 0.3) is 0 Å². The van der Waals surface area contributed by atoms with Gasteiger partial charge in [-0.3, -0.25) is 9.59 Å². The summed E-state index contributed by atoms with van der Waals surface area (Å²) < 4.78 is 15.6. The third kappa shape index (κ3) is 5.89. The lowest BCUT2D eigenvalue weighted by Crippen LogP contribution is -2.31. The Balaban J connectivity index is 1.63. The molecule has 1 amide bonds. The average molecular weight is 544 g/mol. The molecule has 198 valence electrons. The Bertz CT molecular complexity index is 1500. The van der Waals surface area contributed by atoms with E-state index in [0.717, 1.165) is 0 Å². The van der Waals surface area contributed by atoms with Gasteiger partial charge in [-0.1, -0.05) is 23.9 Å². The predicted octanol–water partition coefficient (Wildman–Crippen LogP) is 5.03. The number of ether oxygens (including phenoxy) is 2. The number of hydrogen-bond acceptors (Lipinski definition) is 9. The van der Waals surface area contributed by atoms with Crippen LogP contribution < -0.4 is 15.4 Å². The SMILES string of the molecule is COC(=O)c1ccccc1NC(=O)C1=C(C)NC(SCC(=O)c2ccc(OC)cc2)=C(C#N)[C@H]1c1ccco1. The Morgan fingerprint density at radius 2 is 1.82 bits per heavy atom. The van der Waals surface area contributed by atoms with Gasteiger partial charge >= 0.3 is 5.97 Å². The largest absolute Gasteiger partial charge is 0.497 e. The van der Waals surface area contributed by atoms with Crippen molar-refractivity contribution < 1.29 is 28.3 Å². The van der Waals surface area contributed by atoms with Crippen molar-refractivity contribution in [1.29, 1.82) is 5.26 Å². The first kappa shape index (κ1) is 27.3. The highest BCUT2D eigenvalue weighted by molar-refractivity contribution is 8.03. The van der Waals surface area contributed by atoms with Gasteiger partial charge in [-0.25, -0.2) is 4.79 Å². The van der Waals surface area contributed by atoms with Gasteiger partial charge in [0.05, 0.1) is 65.6 Å². The fourth-order valence-corrected chi connectivity index (χ4v) is 5.12. The number of ketones is 1. The number of furan rings is 1. The third-order valence-electron chi connectivity index (χ3n) is 6.06. The number of Topliss-reactive ketones (excluding diaryl/α,β-unsaturated/α-hetero) is 1. The summed E-state index contributed by atoms with van der Waals surface area (Å²) in [4.78, 5) is 38.7. The second-order valence-electron chi connectivity index (χ2n) is 8.40. The van der Waals surface area contributed by atoms with Crippen LogP contribution in [0.15, 0.2) is 93.2 Å². The second-order valence-corrected chi connectivity index (χ2v) is 9.38. The fraction of sp³-hybridized carbons (Fsp3) is 0.172. The number of benzene rings is 2. The van der Waals surface area contributed by atoms with E-state index in [-0.39, 0.29) is 33.9 Å². The highest BCUT2D eigenvalue weighted by Crippen LogP contribution is 2.41. The van der Waals surface area contributed by atoms with Gasteiger partial charge in [0.2, 0.25) is 0 Å². The molecule has 0 radical (unpaired) electrons. The number of esters is 1. The summed E-state index contributed by atoms with van der Waals surface area (Å²) in [6, 6.07) is 18.8. The number of nitrogens with one attached hydrogen (secondary N) is 2. The molecule has 0 fully saturated rings. The molecule has 10 heteroatoms. The maximum atomic E-state index is 13.6. The molecule has 0 bridgehead atoms. The molecule has 1 atom stereocenters. The van der Waals surface area contributed by atoms with Gasteiger partial charge in [0.1, 0.15) is 11.5 Å². The smallest absolute Gasteiger partial charge is 0.339 e. The first-order valence-corrected chi connectivity index (χ1v) is 12.8. The van der Waals surface area contributed by atoms with Gasteiger partial charge < -0.3 is 24.5 Å². The third-order valence-corrected chi connectivity index (χ3v) is 7.08. The van der Waals surface area contributed by atoms with Crippen molar-refractivity contribution in [2.24, 2.45) is 0 Å². The fourth-order valence-electron chi connectivity index (χ4n) is 4.14. The molecule has 4 rings (SSSR count). The Morgan fingerprint density at radius 3 is 2.46 bits per heavy atom. The van der Waals surface area contributed by atoms with E-state index >= 15 is 0 Å². The van der Waals surface area contributed by atoms with E-state index in [1.54, 1.807) is 74.7 Å². The zero-order valence-electron chi connectivity index (χ0n) is 21.4. The zero-order chi connectivity index (χ0) is 27.9. The lowest BCUT2D eigenvalue weighted by Gasteiger charge is -2.28. The van der Waals surface area contributed by atoms with E-state index in [2.05, 4.69) is 16.7 Å². The number of carbonyl (C=O) groups excluding carboxylic acids is 3. The van der Waals surface area contributed by atoms with E-state index < -0.39 is 17.8 Å². The Morgan fingerprint density at radius 1 is 1.08 bits per heavy atom. The van der Waals surface area contributed by atoms with E-state index in [9.17, 15) is 19.6 Å². The number of para-hydroxylation sites is 1. The topological polar surface area (TPSA) is 131 Å². The van der Waals surface area contributed by atoms with Crippen molar-refractivity contribution in [2.45, 2.75) is 12.8 Å². The number of rotatable bonds is 9. The van der Waals surface area contributed by atoms with Crippen LogP contribution in [-0.2, 0) is 9.53 Å². The van der Waals surface area contributed by atoms with Crippen LogP contribution in [0.2, 0.25) is 0 Å². The molecule has 2 heterocycles. The molecule has 2 aromatic carbocycles. The first-order chi connectivity index (χ1) is 18.9. The van der Waals surface area contributed by atoms with E-state index in [4.69, 9.17) is 13.9 Å². The summed E-state index contributed by atoms with van der Waals surface area (Å²) in [5.41, 5.74) is 1.91. The average Bonchev–Trinajstić information content (AvgIpc) is 3.50. The molecule has 1 aromatic heterocycles. The quantitative estimate of drug-likeness (QED) is 0.282. The maximum Gasteiger partial charge on any atom is 0.339 e. The molecule has 2 N–H and O–H groups in total. The van der Waals surface area contributed by atoms with Crippen molar-refractivity contribution in [3.05, 3.63) is 106 Å². The highest BCUT2D eigenvalue weighted by atomic mass is 32.2. The lowest BCUT2D eigenvalue weighted by molar-refractivity contribution is -0.113. The summed E-state index contributed by atoms with van der Waals surface area (Å²) in [6.45, 7) is 1.71. The predicted molar refractivity (Wildman–Crippen MR) is 146 cm³/mol. The van der Waals surface area contributed by atoms with Crippen LogP contribution in [-0.4, -0.2) is 37.6 Å². The minimum atomic E-state index is -0.838. The van der Waals surface area contributed by atoms with Crippen LogP contribution in [0.3, 0.4) is 0 Å². The Hall–Kier alpha value is -4.75. The van der Waals surface area contributed by atoms with Crippen molar-refractivity contribution in [3.63, 3.8) is 0 Å². The van der Waals surface area contributed by atoms with E-state index in [1.807, 2.05) is 0 Å². The standard InChI is InChI=1S/C29H25N3O6S/c1-17-25(27(34)32-22-8-5-4-7-20(22)29(35)37-3)26(24-9-6-14-38-24)21(15-30)28(31-17)39-16-23(33)18-10-12-19(36-2)13-11-18/h4-14,26,31H,16H2,1-3H3,(H,32,34)/t26-/m0/s1. The number of anilines is 1. The minimum Gasteiger partial charge on any atom is -0.497 e. The van der Waals surface area contributed by atoms with Gasteiger partial charge in [0, 0.05) is 11.3 Å². The Kier molecular flexibility index (Phi) is 8.53. The molecular formula is C29H25N3O6S. The molecule has 1 aliphatic rings. The number of nitriles is 1. The zero-order valence-corrected chi connectivity index (χ0v) is 22.3. The summed E-state index contributed by atoms with van der Waals surface area (Å²) in [5.74, 6) is -0.999. The molecular weight excluding hydrogens is 518 g/mol. The summed E-state index contributed by atoms with van der Waals surface area (Å²) >= 11 is 1.17. The van der Waals surface area contributed by atoms with Gasteiger partial charge in [-0.2, -0.15) is 5.26 Å². The first-order valence-electron chi connectivity index (χ1n) is 11.8. The Labute approximate surface area is 229 Å². The van der Waals surface area contributed by atoms with Crippen LogP contribution in [0.4, 0.5) is 5.69 Å². The summed E-state index contributed by atoms with van der Waals surface area (Å²) in [5, 5.41) is 16.5. The maximum absolute atomic E-state index is 13.6. The number of amides is 1. The van der Waals surface area contributed by atoms with E-state index in [0.29, 0.717) is 27.8 Å². The number of hydrogen-bond donors (Lipinski definition) is 2. The molecule has 9 nitrogen and oxygen atoms in total. The monoisotopic (exact) mass is 543 g/mol. The molecule has 3 aromatic rings. The summed E-state index contributed by atoms with van der Waals surface area (Å²) in [7, 11) is 2.81. The molecule has 39 heavy (non-hydrogen) atoms. The second kappa shape index (κ2) is 12.2. The van der Waals surface area contributed by atoms with Gasteiger partial charge in [0.15, 0.2) is 5.78 Å². The number of methoxy groups -OCH3 is 2. The van der Waals surface area contributed by atoms with Crippen molar-refractivity contribution in [1.82, 2.24) is 5.32 Å². The van der Waals surface area contributed by atoms with Gasteiger partial charge in [-0.15, -0.1) is 0 Å². The van der Waals surface area contributed by atoms with Gasteiger partial charge in [0.25, 0.3) is 5.91 Å². The molecule has 0 saturated carbocycles. The molecule has 0 aliphatic carbocycles. The molecule has 0 saturated heterocycles. The van der Waals surface area contributed by atoms with Gasteiger partial charge in [-0.05, 0) is 55.5 Å². The van der Waals surface area contributed by atoms with Crippen molar-refractivity contribution >= 4 is 35.1 Å². The van der Waals surface area contributed by atoms with Crippen LogP contribution in [0.1, 0.15) is 39.3 Å².